The molecule has 0 bridgehead atoms. The van der Waals surface area contributed by atoms with Crippen LogP contribution >= 0.6 is 11.8 Å². The number of benzene rings is 1. The number of carboxylic acid groups (broad SMARTS) is 1. The van der Waals surface area contributed by atoms with Crippen molar-refractivity contribution in [3.05, 3.63) is 38.0 Å². The minimum atomic E-state index is -1.13. The standard InChI is InChI=1S/C17H19NO3S.Y/c1-7-6-22-16-13(17(20)21)15(19)12-10(4)8(2)9(3)11(5)14(12)18(7)16;/h7H,6H2,1-5H3,(H,20,21);. The maximum atomic E-state index is 12.9. The summed E-state index contributed by atoms with van der Waals surface area (Å²) in [5.41, 5.74) is 4.69. The number of hydrogen-bond acceptors (Lipinski definition) is 3. The van der Waals surface area contributed by atoms with E-state index in [1.54, 1.807) is 0 Å². The summed E-state index contributed by atoms with van der Waals surface area (Å²) in [6.45, 7) is 10.1. The number of rotatable bonds is 1. The zero-order valence-corrected chi connectivity index (χ0v) is 17.6. The van der Waals surface area contributed by atoms with Crippen LogP contribution in [0.25, 0.3) is 10.9 Å². The number of pyridine rings is 1. The van der Waals surface area contributed by atoms with Crippen molar-refractivity contribution in [2.75, 3.05) is 5.75 Å². The van der Waals surface area contributed by atoms with Crippen molar-refractivity contribution in [1.29, 1.82) is 0 Å². The fourth-order valence-electron chi connectivity index (χ4n) is 3.34. The van der Waals surface area contributed by atoms with E-state index in [9.17, 15) is 14.7 Å². The molecule has 1 radical (unpaired) electrons. The summed E-state index contributed by atoms with van der Waals surface area (Å²) in [6.07, 6.45) is 0. The van der Waals surface area contributed by atoms with E-state index in [4.69, 9.17) is 0 Å². The Bertz CT molecular complexity index is 902. The van der Waals surface area contributed by atoms with Gasteiger partial charge in [0.25, 0.3) is 0 Å². The average Bonchev–Trinajstić information content (AvgIpc) is 2.82. The third-order valence-corrected chi connectivity index (χ3v) is 6.22. The second-order valence-electron chi connectivity index (χ2n) is 6.07. The molecular formula is C17H19NO3SY. The Balaban J connectivity index is 0.00000192. The third-order valence-electron chi connectivity index (χ3n) is 4.90. The molecule has 119 valence electrons. The van der Waals surface area contributed by atoms with E-state index in [0.717, 1.165) is 28.0 Å². The van der Waals surface area contributed by atoms with E-state index in [1.807, 2.05) is 20.8 Å². The molecule has 0 saturated heterocycles. The van der Waals surface area contributed by atoms with Gasteiger partial charge in [-0.1, -0.05) is 0 Å². The van der Waals surface area contributed by atoms with Crippen molar-refractivity contribution in [2.24, 2.45) is 0 Å². The molecule has 2 heterocycles. The van der Waals surface area contributed by atoms with Gasteiger partial charge in [0.15, 0.2) is 0 Å². The van der Waals surface area contributed by atoms with Gasteiger partial charge in [0.2, 0.25) is 5.43 Å². The van der Waals surface area contributed by atoms with Gasteiger partial charge >= 0.3 is 5.97 Å². The van der Waals surface area contributed by atoms with Crippen molar-refractivity contribution in [1.82, 2.24) is 4.57 Å². The van der Waals surface area contributed by atoms with Crippen LogP contribution in [0, 0.1) is 27.7 Å². The normalized spacial score (nSPS) is 16.3. The molecule has 3 rings (SSSR count). The van der Waals surface area contributed by atoms with Crippen LogP contribution < -0.4 is 5.43 Å². The number of nitrogens with zero attached hydrogens (tertiary/aromatic N) is 1. The van der Waals surface area contributed by atoms with Crippen molar-refractivity contribution in [3.63, 3.8) is 0 Å². The Morgan fingerprint density at radius 1 is 1.13 bits per heavy atom. The Hall–Kier alpha value is -0.646. The number of aromatic carboxylic acids is 1. The summed E-state index contributed by atoms with van der Waals surface area (Å²) in [5, 5.41) is 10.7. The molecule has 2 aromatic rings. The predicted molar refractivity (Wildman–Crippen MR) is 89.6 cm³/mol. The van der Waals surface area contributed by atoms with Crippen molar-refractivity contribution in [3.8, 4) is 0 Å². The first-order valence-corrected chi connectivity index (χ1v) is 8.30. The number of thioether (sulfide) groups is 1. The van der Waals surface area contributed by atoms with Gasteiger partial charge in [-0.25, -0.2) is 4.79 Å². The molecule has 1 unspecified atom stereocenters. The fourth-order valence-corrected chi connectivity index (χ4v) is 4.62. The van der Waals surface area contributed by atoms with Crippen molar-refractivity contribution < 1.29 is 42.6 Å². The van der Waals surface area contributed by atoms with E-state index in [2.05, 4.69) is 18.4 Å². The third kappa shape index (κ3) is 2.52. The van der Waals surface area contributed by atoms with Gasteiger partial charge in [0.1, 0.15) is 5.56 Å². The van der Waals surface area contributed by atoms with Crippen LogP contribution in [-0.2, 0) is 32.7 Å². The largest absolute Gasteiger partial charge is 0.477 e. The van der Waals surface area contributed by atoms with Gasteiger partial charge in [0, 0.05) is 44.5 Å². The quantitative estimate of drug-likeness (QED) is 0.787. The number of aryl methyl sites for hydroxylation is 2. The van der Waals surface area contributed by atoms with E-state index >= 15 is 0 Å². The van der Waals surface area contributed by atoms with Gasteiger partial charge in [-0.15, -0.1) is 11.8 Å². The fraction of sp³-hybridized carbons (Fsp3) is 0.412. The molecule has 0 amide bonds. The summed E-state index contributed by atoms with van der Waals surface area (Å²) in [4.78, 5) is 24.5. The van der Waals surface area contributed by atoms with Gasteiger partial charge in [-0.05, 0) is 56.9 Å². The molecule has 23 heavy (non-hydrogen) atoms. The average molecular weight is 406 g/mol. The molecule has 1 N–H and O–H groups in total. The van der Waals surface area contributed by atoms with Gasteiger partial charge in [-0.2, -0.15) is 0 Å². The van der Waals surface area contributed by atoms with Crippen LogP contribution in [0.2, 0.25) is 0 Å². The Kier molecular flexibility index (Phi) is 5.15. The van der Waals surface area contributed by atoms with E-state index in [1.165, 1.54) is 17.3 Å². The number of hydrogen-bond donors (Lipinski definition) is 1. The number of carbonyl (C=O) groups is 1. The topological polar surface area (TPSA) is 59.3 Å². The van der Waals surface area contributed by atoms with Crippen molar-refractivity contribution in [2.45, 2.75) is 45.7 Å². The first-order valence-electron chi connectivity index (χ1n) is 7.32. The van der Waals surface area contributed by atoms with Crippen LogP contribution in [-0.4, -0.2) is 21.4 Å². The molecule has 1 aromatic heterocycles. The molecule has 0 aliphatic carbocycles. The maximum absolute atomic E-state index is 12.9. The summed E-state index contributed by atoms with van der Waals surface area (Å²) in [5.74, 6) is -0.336. The van der Waals surface area contributed by atoms with E-state index < -0.39 is 5.97 Å². The second-order valence-corrected chi connectivity index (χ2v) is 7.08. The van der Waals surface area contributed by atoms with Gasteiger partial charge < -0.3 is 9.67 Å². The van der Waals surface area contributed by atoms with Crippen molar-refractivity contribution >= 4 is 28.6 Å². The molecule has 0 saturated carbocycles. The molecule has 4 nitrogen and oxygen atoms in total. The minimum absolute atomic E-state index is 0. The predicted octanol–water partition coefficient (Wildman–Crippen LogP) is 3.60. The van der Waals surface area contributed by atoms with Gasteiger partial charge in [0.05, 0.1) is 15.9 Å². The number of fused-ring (bicyclic) bond motifs is 3. The summed E-state index contributed by atoms with van der Waals surface area (Å²) < 4.78 is 2.06. The molecule has 1 aliphatic heterocycles. The summed E-state index contributed by atoms with van der Waals surface area (Å²) >= 11 is 1.47. The Morgan fingerprint density at radius 2 is 1.70 bits per heavy atom. The van der Waals surface area contributed by atoms with Crippen LogP contribution in [0.15, 0.2) is 9.82 Å². The van der Waals surface area contributed by atoms with Crippen LogP contribution in [0.3, 0.4) is 0 Å². The molecule has 0 spiro atoms. The van der Waals surface area contributed by atoms with Crippen LogP contribution in [0.1, 0.15) is 45.6 Å². The van der Waals surface area contributed by atoms with E-state index in [-0.39, 0.29) is 49.7 Å². The number of aromatic nitrogens is 1. The molecule has 1 aromatic carbocycles. The molecular weight excluding hydrogens is 387 g/mol. The van der Waals surface area contributed by atoms with E-state index in [0.29, 0.717) is 10.4 Å². The SMILES string of the molecule is Cc1c(C)c(C)c2c(c1C)c(=O)c(C(=O)O)c1n2C(C)CS1.[Y]. The Morgan fingerprint density at radius 3 is 2.26 bits per heavy atom. The molecule has 6 heteroatoms. The smallest absolute Gasteiger partial charge is 0.342 e. The summed E-state index contributed by atoms with van der Waals surface area (Å²) in [7, 11) is 0. The monoisotopic (exact) mass is 406 g/mol. The minimum Gasteiger partial charge on any atom is -0.477 e. The zero-order valence-electron chi connectivity index (χ0n) is 14.0. The second kappa shape index (κ2) is 6.34. The van der Waals surface area contributed by atoms with Crippen LogP contribution in [0.4, 0.5) is 0 Å². The molecule has 1 atom stereocenters. The molecule has 1 aliphatic rings. The Labute approximate surface area is 164 Å². The first kappa shape index (κ1) is 18.7. The van der Waals surface area contributed by atoms with Crippen LogP contribution in [0.5, 0.6) is 0 Å². The maximum Gasteiger partial charge on any atom is 0.342 e. The zero-order chi connectivity index (χ0) is 16.3. The molecule has 0 fully saturated rings. The summed E-state index contributed by atoms with van der Waals surface area (Å²) in [6, 6.07) is 0.182. The van der Waals surface area contributed by atoms with Gasteiger partial charge in [-0.3, -0.25) is 4.79 Å². The first-order chi connectivity index (χ1) is 10.3. The number of carboxylic acids is 1.